The van der Waals surface area contributed by atoms with E-state index < -0.39 is 0 Å². The van der Waals surface area contributed by atoms with Crippen molar-refractivity contribution in [3.8, 4) is 17.0 Å². The Labute approximate surface area is 123 Å². The van der Waals surface area contributed by atoms with Crippen LogP contribution in [0.25, 0.3) is 11.3 Å². The fourth-order valence-corrected chi connectivity index (χ4v) is 4.02. The minimum Gasteiger partial charge on any atom is -0.493 e. The van der Waals surface area contributed by atoms with Crippen LogP contribution in [0.2, 0.25) is 0 Å². The maximum atomic E-state index is 5.56. The van der Waals surface area contributed by atoms with Crippen LogP contribution in [-0.2, 0) is 6.42 Å². The van der Waals surface area contributed by atoms with Crippen molar-refractivity contribution in [1.82, 2.24) is 10.3 Å². The summed E-state index contributed by atoms with van der Waals surface area (Å²) in [7, 11) is 0. The zero-order chi connectivity index (χ0) is 13.4. The zero-order valence-corrected chi connectivity index (χ0v) is 12.2. The molecule has 0 unspecified atom stereocenters. The first-order valence-corrected chi connectivity index (χ1v) is 8.20. The highest BCUT2D eigenvalue weighted by Crippen LogP contribution is 2.34. The highest BCUT2D eigenvalue weighted by atomic mass is 32.1. The summed E-state index contributed by atoms with van der Waals surface area (Å²) in [4.78, 5) is 4.88. The SMILES string of the molecule is c1cc2c(cc1-c1csc(C3CCNCC3)n1)CCO2. The summed E-state index contributed by atoms with van der Waals surface area (Å²) in [6.07, 6.45) is 3.45. The zero-order valence-electron chi connectivity index (χ0n) is 11.4. The van der Waals surface area contributed by atoms with Gasteiger partial charge in [-0.05, 0) is 49.7 Å². The average Bonchev–Trinajstić information content (AvgIpc) is 3.16. The van der Waals surface area contributed by atoms with Crippen molar-refractivity contribution in [3.63, 3.8) is 0 Å². The fraction of sp³-hybridized carbons (Fsp3) is 0.438. The van der Waals surface area contributed by atoms with E-state index in [4.69, 9.17) is 9.72 Å². The predicted molar refractivity (Wildman–Crippen MR) is 81.6 cm³/mol. The molecule has 1 saturated heterocycles. The molecule has 104 valence electrons. The van der Waals surface area contributed by atoms with Gasteiger partial charge in [-0.15, -0.1) is 11.3 Å². The van der Waals surface area contributed by atoms with Gasteiger partial charge in [0.25, 0.3) is 0 Å². The first kappa shape index (κ1) is 12.4. The van der Waals surface area contributed by atoms with Crippen LogP contribution in [0, 0.1) is 0 Å². The normalized spacial score (nSPS) is 18.8. The lowest BCUT2D eigenvalue weighted by atomic mass is 9.99. The molecule has 2 aromatic rings. The van der Waals surface area contributed by atoms with Gasteiger partial charge in [0.05, 0.1) is 17.3 Å². The molecule has 1 aromatic heterocycles. The molecule has 1 aromatic carbocycles. The van der Waals surface area contributed by atoms with Crippen molar-refractivity contribution in [2.45, 2.75) is 25.2 Å². The van der Waals surface area contributed by atoms with E-state index in [-0.39, 0.29) is 0 Å². The van der Waals surface area contributed by atoms with E-state index in [1.54, 1.807) is 0 Å². The number of thiazole rings is 1. The van der Waals surface area contributed by atoms with E-state index in [0.29, 0.717) is 5.92 Å². The molecule has 20 heavy (non-hydrogen) atoms. The molecule has 3 nitrogen and oxygen atoms in total. The molecule has 0 atom stereocenters. The van der Waals surface area contributed by atoms with E-state index in [2.05, 4.69) is 28.9 Å². The summed E-state index contributed by atoms with van der Waals surface area (Å²) in [5, 5.41) is 6.92. The van der Waals surface area contributed by atoms with Crippen molar-refractivity contribution < 1.29 is 4.74 Å². The van der Waals surface area contributed by atoms with E-state index in [1.165, 1.54) is 29.0 Å². The number of nitrogens with zero attached hydrogens (tertiary/aromatic N) is 1. The standard InChI is InChI=1S/C16H18N2OS/c1-2-15-13(5-8-19-15)9-12(1)14-10-20-16(18-14)11-3-6-17-7-4-11/h1-2,9-11,17H,3-8H2. The second kappa shape index (κ2) is 5.19. The molecule has 2 aliphatic rings. The van der Waals surface area contributed by atoms with Crippen LogP contribution in [0.5, 0.6) is 5.75 Å². The topological polar surface area (TPSA) is 34.2 Å². The largest absolute Gasteiger partial charge is 0.493 e. The summed E-state index contributed by atoms with van der Waals surface area (Å²) in [6, 6.07) is 6.45. The highest BCUT2D eigenvalue weighted by molar-refractivity contribution is 7.10. The van der Waals surface area contributed by atoms with Crippen molar-refractivity contribution in [2.75, 3.05) is 19.7 Å². The Kier molecular flexibility index (Phi) is 3.20. The Hall–Kier alpha value is -1.39. The Morgan fingerprint density at radius 2 is 2.15 bits per heavy atom. The van der Waals surface area contributed by atoms with Crippen LogP contribution in [0.3, 0.4) is 0 Å². The fourth-order valence-electron chi connectivity index (χ4n) is 3.02. The lowest BCUT2D eigenvalue weighted by Gasteiger charge is -2.20. The van der Waals surface area contributed by atoms with Gasteiger partial charge in [0.15, 0.2) is 0 Å². The monoisotopic (exact) mass is 286 g/mol. The lowest BCUT2D eigenvalue weighted by Crippen LogP contribution is -2.26. The average molecular weight is 286 g/mol. The molecule has 3 heterocycles. The van der Waals surface area contributed by atoms with E-state index in [0.717, 1.165) is 37.6 Å². The number of fused-ring (bicyclic) bond motifs is 1. The minimum absolute atomic E-state index is 0.646. The third kappa shape index (κ3) is 2.23. The molecular formula is C16H18N2OS. The smallest absolute Gasteiger partial charge is 0.122 e. The van der Waals surface area contributed by atoms with Crippen LogP contribution in [0.15, 0.2) is 23.6 Å². The van der Waals surface area contributed by atoms with Gasteiger partial charge in [-0.3, -0.25) is 0 Å². The third-order valence-electron chi connectivity index (χ3n) is 4.20. The molecule has 0 aliphatic carbocycles. The highest BCUT2D eigenvalue weighted by Gasteiger charge is 2.19. The maximum Gasteiger partial charge on any atom is 0.122 e. The third-order valence-corrected chi connectivity index (χ3v) is 5.20. The molecule has 0 amide bonds. The predicted octanol–water partition coefficient (Wildman–Crippen LogP) is 3.21. The molecular weight excluding hydrogens is 268 g/mol. The van der Waals surface area contributed by atoms with Crippen LogP contribution in [-0.4, -0.2) is 24.7 Å². The molecule has 0 bridgehead atoms. The summed E-state index contributed by atoms with van der Waals surface area (Å²) in [5.74, 6) is 1.69. The molecule has 1 N–H and O–H groups in total. The molecule has 4 rings (SSSR count). The Balaban J connectivity index is 1.61. The molecule has 0 radical (unpaired) electrons. The van der Waals surface area contributed by atoms with Crippen LogP contribution in [0.4, 0.5) is 0 Å². The second-order valence-corrected chi connectivity index (χ2v) is 6.41. The molecule has 4 heteroatoms. The van der Waals surface area contributed by atoms with Crippen molar-refractivity contribution in [3.05, 3.63) is 34.2 Å². The van der Waals surface area contributed by atoms with Gasteiger partial charge in [0.2, 0.25) is 0 Å². The van der Waals surface area contributed by atoms with Crippen LogP contribution >= 0.6 is 11.3 Å². The minimum atomic E-state index is 0.646. The summed E-state index contributed by atoms with van der Waals surface area (Å²) in [6.45, 7) is 3.06. The number of aromatic nitrogens is 1. The van der Waals surface area contributed by atoms with Gasteiger partial charge in [-0.25, -0.2) is 4.98 Å². The van der Waals surface area contributed by atoms with E-state index in [1.807, 2.05) is 11.3 Å². The molecule has 0 spiro atoms. The van der Waals surface area contributed by atoms with Crippen molar-refractivity contribution in [2.24, 2.45) is 0 Å². The number of piperidine rings is 1. The number of ether oxygens (including phenoxy) is 1. The number of benzene rings is 1. The number of hydrogen-bond acceptors (Lipinski definition) is 4. The Morgan fingerprint density at radius 1 is 1.25 bits per heavy atom. The van der Waals surface area contributed by atoms with Crippen LogP contribution in [0.1, 0.15) is 29.3 Å². The quantitative estimate of drug-likeness (QED) is 0.920. The first-order chi connectivity index (χ1) is 9.90. The maximum absolute atomic E-state index is 5.56. The summed E-state index contributed by atoms with van der Waals surface area (Å²) < 4.78 is 5.56. The number of rotatable bonds is 2. The van der Waals surface area contributed by atoms with Gasteiger partial charge in [-0.1, -0.05) is 0 Å². The lowest BCUT2D eigenvalue weighted by molar-refractivity contribution is 0.357. The number of nitrogens with one attached hydrogen (secondary N) is 1. The molecule has 1 fully saturated rings. The molecule has 0 saturated carbocycles. The van der Waals surface area contributed by atoms with Gasteiger partial charge in [-0.2, -0.15) is 0 Å². The Morgan fingerprint density at radius 3 is 3.05 bits per heavy atom. The van der Waals surface area contributed by atoms with Crippen LogP contribution < -0.4 is 10.1 Å². The second-order valence-electron chi connectivity index (χ2n) is 5.52. The Bertz CT molecular complexity index is 617. The summed E-state index contributed by atoms with van der Waals surface area (Å²) >= 11 is 1.81. The van der Waals surface area contributed by atoms with Gasteiger partial charge < -0.3 is 10.1 Å². The first-order valence-electron chi connectivity index (χ1n) is 7.32. The van der Waals surface area contributed by atoms with E-state index >= 15 is 0 Å². The van der Waals surface area contributed by atoms with Gasteiger partial charge >= 0.3 is 0 Å². The number of hydrogen-bond donors (Lipinski definition) is 1. The molecule has 2 aliphatic heterocycles. The van der Waals surface area contributed by atoms with Crippen molar-refractivity contribution >= 4 is 11.3 Å². The van der Waals surface area contributed by atoms with Gasteiger partial charge in [0.1, 0.15) is 5.75 Å². The van der Waals surface area contributed by atoms with Crippen molar-refractivity contribution in [1.29, 1.82) is 0 Å². The summed E-state index contributed by atoms with van der Waals surface area (Å²) in [5.41, 5.74) is 3.67. The van der Waals surface area contributed by atoms with Gasteiger partial charge in [0, 0.05) is 23.3 Å². The van der Waals surface area contributed by atoms with E-state index in [9.17, 15) is 0 Å².